The van der Waals surface area contributed by atoms with Crippen molar-refractivity contribution in [2.45, 2.75) is 12.7 Å². The van der Waals surface area contributed by atoms with Gasteiger partial charge in [0.05, 0.1) is 47.1 Å². The number of rotatable bonds is 8. The van der Waals surface area contributed by atoms with Crippen LogP contribution in [0.25, 0.3) is 0 Å². The maximum absolute atomic E-state index is 12.4. The lowest BCUT2D eigenvalue weighted by Gasteiger charge is -2.15. The van der Waals surface area contributed by atoms with Gasteiger partial charge in [0.25, 0.3) is 0 Å². The second kappa shape index (κ2) is 19.1. The molecule has 2 heterocycles. The fourth-order valence-electron chi connectivity index (χ4n) is 3.17. The van der Waals surface area contributed by atoms with E-state index in [0.29, 0.717) is 21.8 Å². The van der Waals surface area contributed by atoms with Crippen LogP contribution in [0.4, 0.5) is 26.3 Å². The van der Waals surface area contributed by atoms with E-state index in [4.69, 9.17) is 29.3 Å². The molecule has 0 aliphatic heterocycles. The molecule has 0 radical (unpaired) electrons. The molecule has 2 aromatic carbocycles. The van der Waals surface area contributed by atoms with Gasteiger partial charge in [-0.05, 0) is 62.2 Å². The summed E-state index contributed by atoms with van der Waals surface area (Å²) >= 11 is 11.9. The van der Waals surface area contributed by atoms with Crippen LogP contribution in [0.5, 0.6) is 40.2 Å². The minimum absolute atomic E-state index is 0.103. The summed E-state index contributed by atoms with van der Waals surface area (Å²) in [4.78, 5) is 30.5. The van der Waals surface area contributed by atoms with Crippen LogP contribution in [0.2, 0.25) is 5.02 Å². The van der Waals surface area contributed by atoms with Crippen molar-refractivity contribution >= 4 is 55.4 Å². The molecule has 0 bridgehead atoms. The largest absolute Gasteiger partial charge is 0.573 e. The first kappa shape index (κ1) is 33.5. The molecular formula is C30H23Br2ClF6N2O10. The molecule has 0 spiro atoms. The summed E-state index contributed by atoms with van der Waals surface area (Å²) < 4.78 is 146. The number of aromatic hydroxyl groups is 1. The number of halogens is 9. The maximum atomic E-state index is 12.4. The average molecular weight is 887 g/mol. The number of esters is 2. The molecule has 0 amide bonds. The van der Waals surface area contributed by atoms with Crippen LogP contribution in [0.1, 0.15) is 28.9 Å². The Morgan fingerprint density at radius 2 is 1.22 bits per heavy atom. The summed E-state index contributed by atoms with van der Waals surface area (Å²) in [5.41, 5.74) is 0.156. The summed E-state index contributed by atoms with van der Waals surface area (Å²) in [5.74, 6) is -4.86. The Balaban J connectivity index is 0.000000327. The van der Waals surface area contributed by atoms with Crippen molar-refractivity contribution in [1.82, 2.24) is 9.97 Å². The molecule has 4 aromatic rings. The maximum Gasteiger partial charge on any atom is 0.573 e. The van der Waals surface area contributed by atoms with Crippen LogP contribution < -0.4 is 23.7 Å². The van der Waals surface area contributed by atoms with Gasteiger partial charge < -0.3 is 38.3 Å². The molecule has 12 nitrogen and oxygen atoms in total. The second-order valence-electron chi connectivity index (χ2n) is 8.61. The van der Waals surface area contributed by atoms with Crippen molar-refractivity contribution in [1.29, 1.82) is 0 Å². The number of aromatic nitrogens is 2. The van der Waals surface area contributed by atoms with Crippen LogP contribution >= 0.6 is 43.5 Å². The van der Waals surface area contributed by atoms with E-state index in [2.05, 4.69) is 65.5 Å². The van der Waals surface area contributed by atoms with Gasteiger partial charge in [-0.3, -0.25) is 0 Å². The Bertz CT molecular complexity index is 2030. The highest BCUT2D eigenvalue weighted by Gasteiger charge is 2.32. The second-order valence-corrected chi connectivity index (χ2v) is 10.6. The summed E-state index contributed by atoms with van der Waals surface area (Å²) in [5, 5.41) is 9.51. The number of pyridine rings is 2. The molecule has 0 atom stereocenters. The zero-order chi connectivity index (χ0) is 43.5. The smallest absolute Gasteiger partial charge is 0.504 e. The van der Waals surface area contributed by atoms with Crippen LogP contribution in [-0.4, -0.2) is 68.0 Å². The fourth-order valence-corrected chi connectivity index (χ4v) is 4.17. The summed E-state index contributed by atoms with van der Waals surface area (Å²) in [6.45, 7) is 0. The van der Waals surface area contributed by atoms with E-state index in [1.807, 2.05) is 0 Å². The topological polar surface area (TPSA) is 145 Å². The van der Waals surface area contributed by atoms with Gasteiger partial charge in [0.15, 0.2) is 23.0 Å². The number of benzene rings is 2. The third-order valence-corrected chi connectivity index (χ3v) is 6.40. The third-order valence-electron chi connectivity index (χ3n) is 5.22. The molecule has 276 valence electrons. The fraction of sp³-hybridized carbons (Fsp3) is 0.200. The van der Waals surface area contributed by atoms with Crippen molar-refractivity contribution in [2.75, 3.05) is 28.3 Å². The number of carbonyl (C=O) groups excluding carboxylic acids is 2. The van der Waals surface area contributed by atoms with E-state index in [-0.39, 0.29) is 27.2 Å². The molecule has 1 N–H and O–H groups in total. The van der Waals surface area contributed by atoms with Gasteiger partial charge in [0, 0.05) is 30.6 Å². The standard InChI is InChI=1S/C15H11BrF3NO5.C8H7F3O3.C7H5BrClNO2/c1-22-12-5-8(25-15(17,18)19)3-4-10(12)24-11-6-13(16)20-7-9(11)14(21)23-2;1-13-7-4-5(2-3-6(7)12)14-8(9,10)11;1-12-7(11)4-3-10-6(8)2-5(4)9/h3-7H,1-2H3;2-4,12H,1H3;2-3H,1H3/i2*1D3;. The van der Waals surface area contributed by atoms with Crippen LogP contribution in [0, 0.1) is 0 Å². The van der Waals surface area contributed by atoms with Crippen molar-refractivity contribution in [2.24, 2.45) is 0 Å². The Labute approximate surface area is 314 Å². The highest BCUT2D eigenvalue weighted by Crippen LogP contribution is 2.38. The molecule has 0 aliphatic rings. The molecule has 21 heteroatoms. The number of phenolic OH excluding ortho intramolecular Hbond substituents is 1. The quantitative estimate of drug-likeness (QED) is 0.103. The minimum Gasteiger partial charge on any atom is -0.504 e. The Kier molecular flexibility index (Phi) is 12.5. The van der Waals surface area contributed by atoms with Gasteiger partial charge in [0.2, 0.25) is 0 Å². The lowest BCUT2D eigenvalue weighted by Crippen LogP contribution is -2.17. The van der Waals surface area contributed by atoms with E-state index in [1.165, 1.54) is 25.4 Å². The highest BCUT2D eigenvalue weighted by molar-refractivity contribution is 9.10. The lowest BCUT2D eigenvalue weighted by molar-refractivity contribution is -0.275. The number of alkyl halides is 6. The van der Waals surface area contributed by atoms with Gasteiger partial charge in [0.1, 0.15) is 32.0 Å². The normalized spacial score (nSPS) is 12.9. The molecular weight excluding hydrogens is 858 g/mol. The number of carbonyl (C=O) groups is 2. The van der Waals surface area contributed by atoms with E-state index in [0.717, 1.165) is 37.6 Å². The Hall–Kier alpha value is -4.69. The van der Waals surface area contributed by atoms with E-state index >= 15 is 0 Å². The predicted molar refractivity (Wildman–Crippen MR) is 173 cm³/mol. The van der Waals surface area contributed by atoms with Gasteiger partial charge in [-0.25, -0.2) is 19.6 Å². The van der Waals surface area contributed by atoms with E-state index in [1.54, 1.807) is 0 Å². The van der Waals surface area contributed by atoms with Gasteiger partial charge in [-0.2, -0.15) is 0 Å². The average Bonchev–Trinajstić information content (AvgIpc) is 3.05. The van der Waals surface area contributed by atoms with Crippen LogP contribution in [0.15, 0.2) is 70.1 Å². The first-order valence-electron chi connectivity index (χ1n) is 15.8. The number of methoxy groups -OCH3 is 4. The number of hydrogen-bond donors (Lipinski definition) is 1. The number of hydrogen-bond acceptors (Lipinski definition) is 12. The zero-order valence-electron chi connectivity index (χ0n) is 31.2. The number of phenols is 1. The number of nitrogens with zero attached hydrogens (tertiary/aromatic N) is 2. The Morgan fingerprint density at radius 1 is 0.725 bits per heavy atom. The molecule has 0 saturated heterocycles. The molecule has 0 fully saturated rings. The third kappa shape index (κ3) is 14.2. The van der Waals surface area contributed by atoms with Crippen molar-refractivity contribution in [3.05, 3.63) is 86.3 Å². The Morgan fingerprint density at radius 3 is 1.75 bits per heavy atom. The van der Waals surface area contributed by atoms with Crippen molar-refractivity contribution in [3.63, 3.8) is 0 Å². The minimum atomic E-state index is -4.99. The highest BCUT2D eigenvalue weighted by atomic mass is 79.9. The van der Waals surface area contributed by atoms with Crippen LogP contribution in [0.3, 0.4) is 0 Å². The van der Waals surface area contributed by atoms with E-state index < -0.39 is 67.5 Å². The van der Waals surface area contributed by atoms with Crippen molar-refractivity contribution in [3.8, 4) is 40.2 Å². The summed E-state index contributed by atoms with van der Waals surface area (Å²) in [6.07, 6.45) is -7.41. The van der Waals surface area contributed by atoms with Gasteiger partial charge >= 0.3 is 24.7 Å². The van der Waals surface area contributed by atoms with Crippen LogP contribution in [-0.2, 0) is 9.47 Å². The molecule has 4 rings (SSSR count). The monoisotopic (exact) mass is 884 g/mol. The zero-order valence-corrected chi connectivity index (χ0v) is 29.1. The number of ether oxygens (including phenoxy) is 7. The first-order valence-corrected chi connectivity index (χ1v) is 14.7. The SMILES string of the molecule is COC(=O)c1cnc(Br)cc1Cl.[2H]C([2H])([2H])Oc1cc(OC(F)(F)F)ccc1O.[2H]C([2H])([2H])Oc1cc(OC(F)(F)F)ccc1Oc1cc(Br)ncc1C(=O)OC. The van der Waals surface area contributed by atoms with Gasteiger partial charge in [-0.1, -0.05) is 11.6 Å². The summed E-state index contributed by atoms with van der Waals surface area (Å²) in [6, 6.07) is 7.70. The molecule has 0 aliphatic carbocycles. The van der Waals surface area contributed by atoms with E-state index in [9.17, 15) is 41.0 Å². The van der Waals surface area contributed by atoms with Crippen molar-refractivity contribution < 1.29 is 82.4 Å². The molecule has 51 heavy (non-hydrogen) atoms. The molecule has 0 saturated carbocycles. The van der Waals surface area contributed by atoms with Gasteiger partial charge in [-0.15, -0.1) is 26.3 Å². The first-order chi connectivity index (χ1) is 26.1. The molecule has 0 unspecified atom stereocenters. The summed E-state index contributed by atoms with van der Waals surface area (Å²) in [7, 11) is -3.45. The molecule has 2 aromatic heterocycles. The predicted octanol–water partition coefficient (Wildman–Crippen LogP) is 8.91. The lowest BCUT2D eigenvalue weighted by atomic mass is 10.2.